The Hall–Kier alpha value is -1.55. The first-order valence-corrected chi connectivity index (χ1v) is 14.3. The van der Waals surface area contributed by atoms with Gasteiger partial charge in [0.2, 0.25) is 0 Å². The van der Waals surface area contributed by atoms with Gasteiger partial charge < -0.3 is 33.2 Å². The molecule has 1 saturated carbocycles. The van der Waals surface area contributed by atoms with Gasteiger partial charge in [0, 0.05) is 26.2 Å². The number of carbonyl (C=O) groups excluding carboxylic acids is 1. The molecule has 0 aliphatic heterocycles. The van der Waals surface area contributed by atoms with E-state index in [1.807, 2.05) is 6.07 Å². The van der Waals surface area contributed by atoms with Gasteiger partial charge in [-0.3, -0.25) is 4.79 Å². The Balaban J connectivity index is 1.17. The molecule has 0 amide bonds. The lowest BCUT2D eigenvalue weighted by molar-refractivity contribution is -0.129. The number of methoxy groups -OCH3 is 1. The van der Waals surface area contributed by atoms with Crippen molar-refractivity contribution in [2.24, 2.45) is 5.92 Å². The molecule has 2 aliphatic rings. The molecule has 0 heterocycles. The molecule has 0 unspecified atom stereocenters. The van der Waals surface area contributed by atoms with Crippen LogP contribution in [0.5, 0.6) is 5.75 Å². The van der Waals surface area contributed by atoms with E-state index in [1.54, 1.807) is 7.11 Å². The Morgan fingerprint density at radius 3 is 2.03 bits per heavy atom. The van der Waals surface area contributed by atoms with Crippen molar-refractivity contribution < 1.29 is 38.0 Å². The first-order valence-electron chi connectivity index (χ1n) is 14.3. The molecule has 2 bridgehead atoms. The van der Waals surface area contributed by atoms with Gasteiger partial charge in [0.1, 0.15) is 18.1 Å². The largest absolute Gasteiger partial charge is 0.491 e. The maximum Gasteiger partial charge on any atom is 0.146 e. The zero-order valence-electron chi connectivity index (χ0n) is 23.5. The highest BCUT2D eigenvalue weighted by Crippen LogP contribution is 2.44. The number of hydrogen-bond donors (Lipinski definition) is 0. The summed E-state index contributed by atoms with van der Waals surface area (Å²) in [6.45, 7) is 8.94. The number of fused-ring (bicyclic) bond motifs is 4. The highest BCUT2D eigenvalue weighted by molar-refractivity contribution is 5.94. The Bertz CT molecular complexity index is 800. The molecule has 8 nitrogen and oxygen atoms in total. The van der Waals surface area contributed by atoms with E-state index in [4.69, 9.17) is 33.2 Å². The van der Waals surface area contributed by atoms with Gasteiger partial charge in [0.25, 0.3) is 0 Å². The van der Waals surface area contributed by atoms with E-state index >= 15 is 0 Å². The van der Waals surface area contributed by atoms with Crippen LogP contribution in [0.25, 0.3) is 0 Å². The molecule has 1 aromatic rings. The van der Waals surface area contributed by atoms with Gasteiger partial charge in [0.15, 0.2) is 0 Å². The molecule has 0 N–H and O–H groups in total. The number of ketones is 1. The van der Waals surface area contributed by atoms with Crippen LogP contribution in [0, 0.1) is 5.92 Å². The normalized spacial score (nSPS) is 21.1. The average molecular weight is 537 g/mol. The molecule has 38 heavy (non-hydrogen) atoms. The second-order valence-corrected chi connectivity index (χ2v) is 10.3. The number of carbonyl (C=O) groups is 1. The SMILES string of the molecule is COCCOCCOCCOCCOCCCOCCOc1ccc2c(c1)[C@@]1(C)CCCCC[C@@H](C2)C1=O. The van der Waals surface area contributed by atoms with Crippen molar-refractivity contribution in [1.29, 1.82) is 0 Å². The van der Waals surface area contributed by atoms with Crippen molar-refractivity contribution in [3.8, 4) is 5.75 Å². The van der Waals surface area contributed by atoms with Crippen LogP contribution in [0.3, 0.4) is 0 Å². The third-order valence-corrected chi connectivity index (χ3v) is 7.41. The molecule has 1 fully saturated rings. The molecule has 0 saturated heterocycles. The van der Waals surface area contributed by atoms with Gasteiger partial charge >= 0.3 is 0 Å². The predicted molar refractivity (Wildman–Crippen MR) is 145 cm³/mol. The second kappa shape index (κ2) is 17.9. The fourth-order valence-electron chi connectivity index (χ4n) is 5.30. The second-order valence-electron chi connectivity index (χ2n) is 10.3. The van der Waals surface area contributed by atoms with E-state index in [2.05, 4.69) is 19.1 Å². The smallest absolute Gasteiger partial charge is 0.146 e. The molecule has 2 atom stereocenters. The lowest BCUT2D eigenvalue weighted by Crippen LogP contribution is -2.43. The highest BCUT2D eigenvalue weighted by atomic mass is 16.6. The van der Waals surface area contributed by atoms with Crippen LogP contribution in [0.1, 0.15) is 56.6 Å². The van der Waals surface area contributed by atoms with E-state index in [9.17, 15) is 4.79 Å². The maximum absolute atomic E-state index is 13.2. The van der Waals surface area contributed by atoms with Crippen LogP contribution in [0.4, 0.5) is 0 Å². The van der Waals surface area contributed by atoms with Gasteiger partial charge in [-0.25, -0.2) is 0 Å². The summed E-state index contributed by atoms with van der Waals surface area (Å²) in [6, 6.07) is 6.31. The quantitative estimate of drug-likeness (QED) is 0.230. The van der Waals surface area contributed by atoms with Gasteiger partial charge in [-0.05, 0) is 55.9 Å². The summed E-state index contributed by atoms with van der Waals surface area (Å²) in [5.74, 6) is 1.45. The standard InChI is InChI=1S/C30H48O8/c1-30-10-5-3-4-7-26(29(30)31)23-25-8-9-27(24-28(25)30)38-22-21-34-12-6-11-33-15-16-36-19-20-37-18-17-35-14-13-32-2/h8-9,24,26H,3-7,10-23H2,1-2H3/t26-,30+/m0/s1. The minimum Gasteiger partial charge on any atom is -0.491 e. The highest BCUT2D eigenvalue weighted by Gasteiger charge is 2.44. The zero-order valence-corrected chi connectivity index (χ0v) is 23.5. The van der Waals surface area contributed by atoms with E-state index in [0.29, 0.717) is 85.1 Å². The van der Waals surface area contributed by atoms with Crippen LogP contribution in [0.15, 0.2) is 18.2 Å². The van der Waals surface area contributed by atoms with E-state index in [-0.39, 0.29) is 11.3 Å². The molecule has 0 radical (unpaired) electrons. The molecule has 2 aliphatic carbocycles. The van der Waals surface area contributed by atoms with Crippen molar-refractivity contribution in [2.75, 3.05) is 86.4 Å². The van der Waals surface area contributed by atoms with Crippen LogP contribution in [-0.2, 0) is 45.1 Å². The van der Waals surface area contributed by atoms with Gasteiger partial charge in [-0.1, -0.05) is 25.3 Å². The fourth-order valence-corrected chi connectivity index (χ4v) is 5.30. The third kappa shape index (κ3) is 10.2. The van der Waals surface area contributed by atoms with Crippen molar-refractivity contribution in [3.05, 3.63) is 29.3 Å². The fraction of sp³-hybridized carbons (Fsp3) is 0.767. The number of Topliss-reactive ketones (excluding diaryl/α,β-unsaturated/α-hetero) is 1. The van der Waals surface area contributed by atoms with E-state index in [0.717, 1.165) is 37.9 Å². The first-order chi connectivity index (χ1) is 18.6. The number of benzene rings is 1. The maximum atomic E-state index is 13.2. The third-order valence-electron chi connectivity index (χ3n) is 7.41. The number of hydrogen-bond acceptors (Lipinski definition) is 8. The Labute approximate surface area is 228 Å². The summed E-state index contributed by atoms with van der Waals surface area (Å²) in [7, 11) is 1.65. The van der Waals surface area contributed by atoms with Crippen molar-refractivity contribution in [1.82, 2.24) is 0 Å². The van der Waals surface area contributed by atoms with Crippen LogP contribution < -0.4 is 4.74 Å². The summed E-state index contributed by atoms with van der Waals surface area (Å²) >= 11 is 0. The van der Waals surface area contributed by atoms with Gasteiger partial charge in [-0.15, -0.1) is 0 Å². The Kier molecular flexibility index (Phi) is 14.6. The number of ether oxygens (including phenoxy) is 7. The molecule has 8 heteroatoms. The molecule has 0 spiro atoms. The summed E-state index contributed by atoms with van der Waals surface area (Å²) in [4.78, 5) is 13.2. The van der Waals surface area contributed by atoms with Crippen LogP contribution >= 0.6 is 0 Å². The minimum atomic E-state index is -0.368. The molecular formula is C30H48O8. The molecular weight excluding hydrogens is 488 g/mol. The Morgan fingerprint density at radius 1 is 0.763 bits per heavy atom. The molecule has 0 aromatic heterocycles. The lowest BCUT2D eigenvalue weighted by Gasteiger charge is -2.40. The van der Waals surface area contributed by atoms with Crippen LogP contribution in [0.2, 0.25) is 0 Å². The summed E-state index contributed by atoms with van der Waals surface area (Å²) in [5.41, 5.74) is 2.13. The van der Waals surface area contributed by atoms with E-state index < -0.39 is 0 Å². The monoisotopic (exact) mass is 536 g/mol. The molecule has 3 rings (SSSR count). The van der Waals surface area contributed by atoms with E-state index in [1.165, 1.54) is 24.0 Å². The minimum absolute atomic E-state index is 0.187. The van der Waals surface area contributed by atoms with Crippen LogP contribution in [-0.4, -0.2) is 92.2 Å². The number of rotatable bonds is 20. The molecule has 216 valence electrons. The molecule has 1 aromatic carbocycles. The van der Waals surface area contributed by atoms with Crippen molar-refractivity contribution >= 4 is 5.78 Å². The first kappa shape index (κ1) is 31.0. The summed E-state index contributed by atoms with van der Waals surface area (Å²) in [5, 5.41) is 0. The summed E-state index contributed by atoms with van der Waals surface area (Å²) in [6.07, 6.45) is 7.19. The topological polar surface area (TPSA) is 81.7 Å². The summed E-state index contributed by atoms with van der Waals surface area (Å²) < 4.78 is 38.4. The van der Waals surface area contributed by atoms with Gasteiger partial charge in [-0.2, -0.15) is 0 Å². The zero-order chi connectivity index (χ0) is 26.9. The van der Waals surface area contributed by atoms with Crippen molar-refractivity contribution in [3.63, 3.8) is 0 Å². The lowest BCUT2D eigenvalue weighted by atomic mass is 9.62. The van der Waals surface area contributed by atoms with Gasteiger partial charge in [0.05, 0.1) is 64.9 Å². The van der Waals surface area contributed by atoms with Crippen molar-refractivity contribution in [2.45, 2.75) is 57.3 Å². The average Bonchev–Trinajstić information content (AvgIpc) is 2.92. The Morgan fingerprint density at radius 2 is 1.37 bits per heavy atom. The predicted octanol–water partition coefficient (Wildman–Crippen LogP) is 4.15.